The summed E-state index contributed by atoms with van der Waals surface area (Å²) in [6.45, 7) is 2.16. The summed E-state index contributed by atoms with van der Waals surface area (Å²) in [5.41, 5.74) is 0.811. The van der Waals surface area contributed by atoms with Crippen molar-refractivity contribution in [2.24, 2.45) is 0 Å². The SMILES string of the molecule is COc1ccc(Cl)cc1N1C(=O)c2cc3ccccc3n2C[C@@]1(C)C(=O)NC1CCCCC1. The highest BCUT2D eigenvalue weighted by atomic mass is 35.5. The number of carbonyl (C=O) groups excluding carboxylic acids is 2. The minimum atomic E-state index is -1.17. The lowest BCUT2D eigenvalue weighted by Crippen LogP contribution is -2.65. The molecule has 3 aromatic rings. The van der Waals surface area contributed by atoms with E-state index in [1.54, 1.807) is 30.2 Å². The zero-order valence-corrected chi connectivity index (χ0v) is 19.7. The Kier molecular flexibility index (Phi) is 5.57. The number of hydrogen-bond acceptors (Lipinski definition) is 3. The number of hydrogen-bond donors (Lipinski definition) is 1. The van der Waals surface area contributed by atoms with Crippen LogP contribution in [-0.2, 0) is 11.3 Å². The number of halogens is 1. The summed E-state index contributed by atoms with van der Waals surface area (Å²) in [7, 11) is 1.55. The van der Waals surface area contributed by atoms with Gasteiger partial charge in [-0.15, -0.1) is 0 Å². The molecule has 1 fully saturated rings. The molecular formula is C26H28ClN3O3. The van der Waals surface area contributed by atoms with Gasteiger partial charge in [-0.25, -0.2) is 0 Å². The fourth-order valence-electron chi connectivity index (χ4n) is 5.25. The number of para-hydroxylation sites is 1. The van der Waals surface area contributed by atoms with Crippen LogP contribution >= 0.6 is 11.6 Å². The molecule has 1 aromatic heterocycles. The molecule has 0 saturated heterocycles. The second-order valence-electron chi connectivity index (χ2n) is 9.21. The van der Waals surface area contributed by atoms with Crippen LogP contribution in [0.4, 0.5) is 5.69 Å². The second-order valence-corrected chi connectivity index (χ2v) is 9.65. The summed E-state index contributed by atoms with van der Waals surface area (Å²) in [6.07, 6.45) is 5.35. The number of methoxy groups -OCH3 is 1. The molecule has 1 saturated carbocycles. The first kappa shape index (κ1) is 21.8. The second kappa shape index (κ2) is 8.41. The average Bonchev–Trinajstić information content (AvgIpc) is 3.18. The molecule has 0 unspecified atom stereocenters. The first-order valence-corrected chi connectivity index (χ1v) is 11.9. The summed E-state index contributed by atoms with van der Waals surface area (Å²) < 4.78 is 7.54. The van der Waals surface area contributed by atoms with Crippen LogP contribution in [0.2, 0.25) is 5.02 Å². The smallest absolute Gasteiger partial charge is 0.276 e. The number of benzene rings is 2. The summed E-state index contributed by atoms with van der Waals surface area (Å²) in [6, 6.07) is 15.0. The monoisotopic (exact) mass is 465 g/mol. The zero-order chi connectivity index (χ0) is 23.2. The maximum absolute atomic E-state index is 14.0. The third-order valence-electron chi connectivity index (χ3n) is 7.00. The maximum atomic E-state index is 14.0. The van der Waals surface area contributed by atoms with Gasteiger partial charge in [0.2, 0.25) is 5.91 Å². The minimum absolute atomic E-state index is 0.129. The number of carbonyl (C=O) groups is 2. The van der Waals surface area contributed by atoms with Crippen molar-refractivity contribution in [3.05, 3.63) is 59.2 Å². The Bertz CT molecular complexity index is 1230. The van der Waals surface area contributed by atoms with Crippen molar-refractivity contribution in [1.82, 2.24) is 9.88 Å². The van der Waals surface area contributed by atoms with Crippen LogP contribution in [0.3, 0.4) is 0 Å². The third-order valence-corrected chi connectivity index (χ3v) is 7.24. The molecule has 2 amide bonds. The van der Waals surface area contributed by atoms with Gasteiger partial charge in [-0.3, -0.25) is 14.5 Å². The van der Waals surface area contributed by atoms with Crippen LogP contribution in [0.5, 0.6) is 5.75 Å². The van der Waals surface area contributed by atoms with E-state index in [4.69, 9.17) is 16.3 Å². The fraction of sp³-hybridized carbons (Fsp3) is 0.385. The lowest BCUT2D eigenvalue weighted by Gasteiger charge is -2.45. The fourth-order valence-corrected chi connectivity index (χ4v) is 5.42. The van der Waals surface area contributed by atoms with E-state index in [0.29, 0.717) is 28.7 Å². The molecule has 1 atom stereocenters. The van der Waals surface area contributed by atoms with E-state index < -0.39 is 5.54 Å². The largest absolute Gasteiger partial charge is 0.495 e. The Morgan fingerprint density at radius 3 is 2.64 bits per heavy atom. The van der Waals surface area contributed by atoms with Gasteiger partial charge in [0.25, 0.3) is 5.91 Å². The van der Waals surface area contributed by atoms with E-state index >= 15 is 0 Å². The van der Waals surface area contributed by atoms with E-state index in [-0.39, 0.29) is 17.9 Å². The van der Waals surface area contributed by atoms with Gasteiger partial charge in [-0.05, 0) is 50.1 Å². The molecule has 0 bridgehead atoms. The number of rotatable bonds is 4. The van der Waals surface area contributed by atoms with E-state index in [0.717, 1.165) is 36.6 Å². The van der Waals surface area contributed by atoms with E-state index in [1.165, 1.54) is 6.42 Å². The zero-order valence-electron chi connectivity index (χ0n) is 18.9. The third kappa shape index (κ3) is 3.66. The standard InChI is InChI=1S/C26H28ClN3O3/c1-26(25(32)28-19-9-4-3-5-10-19)16-29-20-11-7-6-8-17(20)14-22(29)24(31)30(26)21-15-18(27)12-13-23(21)33-2/h6-8,11-15,19H,3-5,9-10,16H2,1-2H3,(H,28,32)/t26-/m0/s1. The highest BCUT2D eigenvalue weighted by Crippen LogP contribution is 2.41. The minimum Gasteiger partial charge on any atom is -0.495 e. The van der Waals surface area contributed by atoms with Crippen LogP contribution in [0.25, 0.3) is 10.9 Å². The molecule has 172 valence electrons. The van der Waals surface area contributed by atoms with Gasteiger partial charge in [0.1, 0.15) is 17.0 Å². The normalized spacial score (nSPS) is 21.2. The number of nitrogens with zero attached hydrogens (tertiary/aromatic N) is 2. The molecule has 2 aliphatic rings. The molecule has 6 nitrogen and oxygen atoms in total. The van der Waals surface area contributed by atoms with E-state index in [2.05, 4.69) is 5.32 Å². The molecule has 1 aliphatic heterocycles. The Labute approximate surface area is 198 Å². The molecule has 7 heteroatoms. The van der Waals surface area contributed by atoms with Crippen molar-refractivity contribution in [2.75, 3.05) is 12.0 Å². The molecule has 2 aromatic carbocycles. The van der Waals surface area contributed by atoms with E-state index in [1.807, 2.05) is 41.8 Å². The Hall–Kier alpha value is -2.99. The van der Waals surface area contributed by atoms with Crippen LogP contribution in [0, 0.1) is 0 Å². The van der Waals surface area contributed by atoms with Gasteiger partial charge in [-0.2, -0.15) is 0 Å². The number of amides is 2. The first-order valence-electron chi connectivity index (χ1n) is 11.5. The van der Waals surface area contributed by atoms with Gasteiger partial charge in [0.15, 0.2) is 0 Å². The molecule has 33 heavy (non-hydrogen) atoms. The van der Waals surface area contributed by atoms with Gasteiger partial charge in [0, 0.05) is 22.0 Å². The van der Waals surface area contributed by atoms with Crippen LogP contribution < -0.4 is 15.0 Å². The molecule has 2 heterocycles. The molecule has 1 N–H and O–H groups in total. The van der Waals surface area contributed by atoms with Crippen molar-refractivity contribution in [3.63, 3.8) is 0 Å². The molecule has 0 spiro atoms. The summed E-state index contributed by atoms with van der Waals surface area (Å²) >= 11 is 6.33. The molecule has 5 rings (SSSR count). The first-order chi connectivity index (χ1) is 15.9. The van der Waals surface area contributed by atoms with Gasteiger partial charge < -0.3 is 14.6 Å². The Morgan fingerprint density at radius 1 is 1.12 bits per heavy atom. The Balaban J connectivity index is 1.66. The van der Waals surface area contributed by atoms with Gasteiger partial charge >= 0.3 is 0 Å². The predicted molar refractivity (Wildman–Crippen MR) is 130 cm³/mol. The van der Waals surface area contributed by atoms with Crippen LogP contribution in [0.15, 0.2) is 48.5 Å². The van der Waals surface area contributed by atoms with Crippen LogP contribution in [0.1, 0.15) is 49.5 Å². The maximum Gasteiger partial charge on any atom is 0.276 e. The predicted octanol–water partition coefficient (Wildman–Crippen LogP) is 5.17. The number of ether oxygens (including phenoxy) is 1. The van der Waals surface area contributed by atoms with Gasteiger partial charge in [-0.1, -0.05) is 49.1 Å². The summed E-state index contributed by atoms with van der Waals surface area (Å²) in [5, 5.41) is 4.69. The van der Waals surface area contributed by atoms with Crippen LogP contribution in [-0.4, -0.2) is 35.1 Å². The van der Waals surface area contributed by atoms with E-state index in [9.17, 15) is 9.59 Å². The van der Waals surface area contributed by atoms with Crippen molar-refractivity contribution in [1.29, 1.82) is 0 Å². The quantitative estimate of drug-likeness (QED) is 0.578. The van der Waals surface area contributed by atoms with Crippen molar-refractivity contribution >= 4 is 40.0 Å². The lowest BCUT2D eigenvalue weighted by molar-refractivity contribution is -0.127. The number of nitrogens with one attached hydrogen (secondary N) is 1. The number of aromatic nitrogens is 1. The highest BCUT2D eigenvalue weighted by Gasteiger charge is 2.49. The van der Waals surface area contributed by atoms with Gasteiger partial charge in [0.05, 0.1) is 19.3 Å². The summed E-state index contributed by atoms with van der Waals surface area (Å²) in [5.74, 6) is 0.0847. The molecule has 0 radical (unpaired) electrons. The lowest BCUT2D eigenvalue weighted by atomic mass is 9.91. The average molecular weight is 466 g/mol. The molecule has 1 aliphatic carbocycles. The Morgan fingerprint density at radius 2 is 1.88 bits per heavy atom. The topological polar surface area (TPSA) is 63.6 Å². The van der Waals surface area contributed by atoms with Crippen molar-refractivity contribution in [2.45, 2.75) is 57.2 Å². The summed E-state index contributed by atoms with van der Waals surface area (Å²) in [4.78, 5) is 29.5. The van der Waals surface area contributed by atoms with Crippen molar-refractivity contribution in [3.8, 4) is 5.75 Å². The van der Waals surface area contributed by atoms with Crippen molar-refractivity contribution < 1.29 is 14.3 Å². The highest BCUT2D eigenvalue weighted by molar-refractivity contribution is 6.31. The number of anilines is 1. The molecular weight excluding hydrogens is 438 g/mol. The number of fused-ring (bicyclic) bond motifs is 3.